The summed E-state index contributed by atoms with van der Waals surface area (Å²) in [5.41, 5.74) is 5.50. The lowest BCUT2D eigenvalue weighted by atomic mass is 9.93. The van der Waals surface area contributed by atoms with Gasteiger partial charge in [-0.15, -0.1) is 24.2 Å². The predicted molar refractivity (Wildman–Crippen MR) is 111 cm³/mol. The van der Waals surface area contributed by atoms with Crippen molar-refractivity contribution < 1.29 is 5.11 Å². The summed E-state index contributed by atoms with van der Waals surface area (Å²) >= 11 is 1.93. The van der Waals surface area contributed by atoms with Crippen LogP contribution >= 0.6 is 24.2 Å². The lowest BCUT2D eigenvalue weighted by Gasteiger charge is -2.16. The fourth-order valence-corrected chi connectivity index (χ4v) is 4.20. The number of benzene rings is 2. The first-order chi connectivity index (χ1) is 11.8. The minimum absolute atomic E-state index is 0. The molecule has 0 aliphatic carbocycles. The van der Waals surface area contributed by atoms with E-state index in [4.69, 9.17) is 5.11 Å². The van der Waals surface area contributed by atoms with E-state index in [9.17, 15) is 0 Å². The third-order valence-electron chi connectivity index (χ3n) is 4.43. The van der Waals surface area contributed by atoms with Gasteiger partial charge in [-0.25, -0.2) is 0 Å². The average Bonchev–Trinajstić information content (AvgIpc) is 2.78. The summed E-state index contributed by atoms with van der Waals surface area (Å²) in [6.07, 6.45) is 4.25. The molecule has 0 amide bonds. The zero-order valence-corrected chi connectivity index (χ0v) is 16.3. The van der Waals surface area contributed by atoms with Crippen LogP contribution in [0.4, 0.5) is 0 Å². The molecule has 0 atom stereocenters. The number of aliphatic hydroxyl groups excluding tert-OH is 1. The molecule has 1 aliphatic heterocycles. The SMILES string of the molecule is CN(CC/C=C1/c2ccccc2CSc2ccccc21)CCCO.Cl. The first-order valence-corrected chi connectivity index (χ1v) is 9.58. The van der Waals surface area contributed by atoms with Crippen molar-refractivity contribution in [2.75, 3.05) is 26.7 Å². The third-order valence-corrected chi connectivity index (χ3v) is 5.55. The van der Waals surface area contributed by atoms with E-state index in [0.717, 1.165) is 31.7 Å². The van der Waals surface area contributed by atoms with Crippen LogP contribution in [0.1, 0.15) is 29.5 Å². The molecule has 0 saturated heterocycles. The molecule has 3 rings (SSSR count). The number of rotatable bonds is 6. The van der Waals surface area contributed by atoms with E-state index in [1.54, 1.807) is 0 Å². The van der Waals surface area contributed by atoms with Crippen LogP contribution in [0.2, 0.25) is 0 Å². The molecule has 0 fully saturated rings. The van der Waals surface area contributed by atoms with Gasteiger partial charge in [0.25, 0.3) is 0 Å². The van der Waals surface area contributed by atoms with Gasteiger partial charge in [-0.3, -0.25) is 0 Å². The summed E-state index contributed by atoms with van der Waals surface area (Å²) in [6, 6.07) is 17.5. The van der Waals surface area contributed by atoms with Crippen LogP contribution in [0.3, 0.4) is 0 Å². The van der Waals surface area contributed by atoms with E-state index in [0.29, 0.717) is 0 Å². The number of fused-ring (bicyclic) bond motifs is 2. The van der Waals surface area contributed by atoms with Gasteiger partial charge in [0.15, 0.2) is 0 Å². The van der Waals surface area contributed by atoms with Crippen LogP contribution in [0.15, 0.2) is 59.5 Å². The summed E-state index contributed by atoms with van der Waals surface area (Å²) < 4.78 is 0. The van der Waals surface area contributed by atoms with E-state index >= 15 is 0 Å². The summed E-state index contributed by atoms with van der Waals surface area (Å²) in [5, 5.41) is 8.95. The van der Waals surface area contributed by atoms with Crippen LogP contribution < -0.4 is 0 Å². The van der Waals surface area contributed by atoms with Gasteiger partial charge in [-0.05, 0) is 48.2 Å². The molecule has 0 aromatic heterocycles. The van der Waals surface area contributed by atoms with Crippen molar-refractivity contribution in [3.8, 4) is 0 Å². The van der Waals surface area contributed by atoms with Gasteiger partial charge in [-0.1, -0.05) is 48.5 Å². The fourth-order valence-electron chi connectivity index (χ4n) is 3.13. The molecule has 134 valence electrons. The number of hydrogen-bond donors (Lipinski definition) is 1. The highest BCUT2D eigenvalue weighted by Crippen LogP contribution is 2.39. The Balaban J connectivity index is 0.00000225. The second kappa shape index (κ2) is 10.0. The van der Waals surface area contributed by atoms with Gasteiger partial charge < -0.3 is 10.0 Å². The fraction of sp³-hybridized carbons (Fsp3) is 0.333. The quantitative estimate of drug-likeness (QED) is 0.780. The molecule has 1 heterocycles. The molecule has 25 heavy (non-hydrogen) atoms. The second-order valence-electron chi connectivity index (χ2n) is 6.23. The third kappa shape index (κ3) is 5.11. The van der Waals surface area contributed by atoms with Gasteiger partial charge in [0.2, 0.25) is 0 Å². The van der Waals surface area contributed by atoms with Gasteiger partial charge in [0.05, 0.1) is 0 Å². The molecule has 2 nitrogen and oxygen atoms in total. The van der Waals surface area contributed by atoms with Gasteiger partial charge in [0.1, 0.15) is 0 Å². The molecule has 0 spiro atoms. The molecule has 0 bridgehead atoms. The Hall–Kier alpha value is -1.26. The molecule has 2 aromatic rings. The number of hydrogen-bond acceptors (Lipinski definition) is 3. The highest BCUT2D eigenvalue weighted by Gasteiger charge is 2.17. The van der Waals surface area contributed by atoms with Crippen LogP contribution in [0.5, 0.6) is 0 Å². The minimum atomic E-state index is 0. The Labute approximate surface area is 161 Å². The Bertz CT molecular complexity index is 667. The van der Waals surface area contributed by atoms with Crippen LogP contribution in [0.25, 0.3) is 5.57 Å². The molecule has 2 aromatic carbocycles. The van der Waals surface area contributed by atoms with Crippen molar-refractivity contribution in [2.45, 2.75) is 23.5 Å². The lowest BCUT2D eigenvalue weighted by molar-refractivity contribution is 0.249. The normalized spacial score (nSPS) is 14.6. The van der Waals surface area contributed by atoms with E-state index in [-0.39, 0.29) is 19.0 Å². The largest absolute Gasteiger partial charge is 0.396 e. The summed E-state index contributed by atoms with van der Waals surface area (Å²) in [6.45, 7) is 2.23. The van der Waals surface area contributed by atoms with Crippen molar-refractivity contribution in [3.05, 3.63) is 71.3 Å². The first kappa shape index (κ1) is 20.1. The number of nitrogens with zero attached hydrogens (tertiary/aromatic N) is 1. The van der Waals surface area contributed by atoms with Crippen molar-refractivity contribution in [2.24, 2.45) is 0 Å². The lowest BCUT2D eigenvalue weighted by Crippen LogP contribution is -2.21. The van der Waals surface area contributed by atoms with Crippen LogP contribution in [-0.2, 0) is 5.75 Å². The molecule has 0 saturated carbocycles. The standard InChI is InChI=1S/C21H25NOS.ClH/c1-22(14-7-15-23)13-6-11-19-18-9-3-2-8-17(18)16-24-21-12-5-4-10-20(19)21;/h2-5,8-12,23H,6-7,13-16H2,1H3;1H/b19-11-;. The van der Waals surface area contributed by atoms with Gasteiger partial charge >= 0.3 is 0 Å². The number of thioether (sulfide) groups is 1. The summed E-state index contributed by atoms with van der Waals surface area (Å²) in [7, 11) is 2.12. The maximum atomic E-state index is 8.95. The molecule has 1 N–H and O–H groups in total. The molecule has 1 aliphatic rings. The van der Waals surface area contributed by atoms with Gasteiger partial charge in [-0.2, -0.15) is 0 Å². The Kier molecular flexibility index (Phi) is 8.04. The Morgan fingerprint density at radius 1 is 1.04 bits per heavy atom. The smallest absolute Gasteiger partial charge is 0.0443 e. The first-order valence-electron chi connectivity index (χ1n) is 8.59. The predicted octanol–water partition coefficient (Wildman–Crippen LogP) is 4.85. The average molecular weight is 376 g/mol. The van der Waals surface area contributed by atoms with Crippen LogP contribution in [0, 0.1) is 0 Å². The zero-order chi connectivity index (χ0) is 16.8. The molecule has 0 unspecified atom stereocenters. The molecule has 4 heteroatoms. The second-order valence-corrected chi connectivity index (χ2v) is 7.25. The molecular weight excluding hydrogens is 350 g/mol. The highest BCUT2D eigenvalue weighted by atomic mass is 35.5. The maximum Gasteiger partial charge on any atom is 0.0443 e. The maximum absolute atomic E-state index is 8.95. The van der Waals surface area contributed by atoms with Crippen molar-refractivity contribution in [1.82, 2.24) is 4.90 Å². The molecule has 0 radical (unpaired) electrons. The van der Waals surface area contributed by atoms with Crippen molar-refractivity contribution in [3.63, 3.8) is 0 Å². The highest BCUT2D eigenvalue weighted by molar-refractivity contribution is 7.98. The monoisotopic (exact) mass is 375 g/mol. The Morgan fingerprint density at radius 2 is 1.76 bits per heavy atom. The number of aliphatic hydroxyl groups is 1. The van der Waals surface area contributed by atoms with Gasteiger partial charge in [0, 0.05) is 30.3 Å². The van der Waals surface area contributed by atoms with E-state index in [1.165, 1.54) is 27.2 Å². The van der Waals surface area contributed by atoms with Crippen molar-refractivity contribution >= 4 is 29.7 Å². The van der Waals surface area contributed by atoms with Crippen molar-refractivity contribution in [1.29, 1.82) is 0 Å². The minimum Gasteiger partial charge on any atom is -0.396 e. The van der Waals surface area contributed by atoms with E-state index in [1.807, 2.05) is 11.8 Å². The van der Waals surface area contributed by atoms with E-state index in [2.05, 4.69) is 66.6 Å². The Morgan fingerprint density at radius 3 is 2.56 bits per heavy atom. The van der Waals surface area contributed by atoms with Crippen LogP contribution in [-0.4, -0.2) is 36.8 Å². The number of halogens is 1. The summed E-state index contributed by atoms with van der Waals surface area (Å²) in [5.74, 6) is 1.03. The van der Waals surface area contributed by atoms with E-state index < -0.39 is 0 Å². The summed E-state index contributed by atoms with van der Waals surface area (Å²) in [4.78, 5) is 3.66. The molecular formula is C21H26ClNOS. The zero-order valence-electron chi connectivity index (χ0n) is 14.6. The topological polar surface area (TPSA) is 23.5 Å².